The van der Waals surface area contributed by atoms with Gasteiger partial charge in [0.25, 0.3) is 0 Å². The maximum absolute atomic E-state index is 11.9. The first-order valence-corrected chi connectivity index (χ1v) is 6.54. The van der Waals surface area contributed by atoms with Crippen molar-refractivity contribution in [3.63, 3.8) is 0 Å². The summed E-state index contributed by atoms with van der Waals surface area (Å²) in [6.07, 6.45) is 8.86. The summed E-state index contributed by atoms with van der Waals surface area (Å²) in [6.45, 7) is 0. The Kier molecular flexibility index (Phi) is 4.22. The Morgan fingerprint density at radius 2 is 1.50 bits per heavy atom. The lowest BCUT2D eigenvalue weighted by Gasteiger charge is -2.30. The molecule has 0 unspecified atom stereocenters. The molecule has 3 nitrogen and oxygen atoms in total. The second kappa shape index (κ2) is 5.67. The van der Waals surface area contributed by atoms with Gasteiger partial charge in [-0.2, -0.15) is 0 Å². The van der Waals surface area contributed by atoms with Crippen LogP contribution in [0.3, 0.4) is 0 Å². The van der Waals surface area contributed by atoms with Crippen molar-refractivity contribution in [2.24, 2.45) is 5.92 Å². The van der Waals surface area contributed by atoms with Crippen LogP contribution in [0.25, 0.3) is 0 Å². The molecule has 2 aliphatic rings. The zero-order valence-electron chi connectivity index (χ0n) is 10.1. The summed E-state index contributed by atoms with van der Waals surface area (Å²) in [6, 6.07) is 0. The van der Waals surface area contributed by atoms with Gasteiger partial charge in [0, 0.05) is 7.11 Å². The van der Waals surface area contributed by atoms with Crippen LogP contribution in [0.5, 0.6) is 0 Å². The zero-order chi connectivity index (χ0) is 11.4. The van der Waals surface area contributed by atoms with Crippen LogP contribution in [-0.2, 0) is 14.3 Å². The highest BCUT2D eigenvalue weighted by Crippen LogP contribution is 2.29. The van der Waals surface area contributed by atoms with Crippen LogP contribution < -0.4 is 0 Å². The SMILES string of the molecule is CO[C@@H]1CCCC[C@@H]1OC(=O)C1CCCC1. The molecular weight excluding hydrogens is 204 g/mol. The standard InChI is InChI=1S/C13H22O3/c1-15-11-8-4-5-9-12(11)16-13(14)10-6-2-3-7-10/h10-12H,2-9H2,1H3/t11-,12+/m1/s1. The second-order valence-electron chi connectivity index (χ2n) is 5.02. The number of carbonyl (C=O) groups is 1. The molecule has 0 aromatic carbocycles. The maximum Gasteiger partial charge on any atom is 0.309 e. The lowest BCUT2D eigenvalue weighted by molar-refractivity contribution is -0.163. The third-order valence-corrected chi connectivity index (χ3v) is 3.90. The van der Waals surface area contributed by atoms with Gasteiger partial charge in [-0.05, 0) is 32.1 Å². The average molecular weight is 226 g/mol. The maximum atomic E-state index is 11.9. The number of carbonyl (C=O) groups excluding carboxylic acids is 1. The third-order valence-electron chi connectivity index (χ3n) is 3.90. The molecule has 0 aromatic rings. The van der Waals surface area contributed by atoms with Gasteiger partial charge in [0.1, 0.15) is 6.10 Å². The molecule has 0 aromatic heterocycles. The molecule has 0 bridgehead atoms. The molecule has 2 atom stereocenters. The Bertz CT molecular complexity index is 233. The van der Waals surface area contributed by atoms with E-state index in [2.05, 4.69) is 0 Å². The van der Waals surface area contributed by atoms with Crippen molar-refractivity contribution in [1.82, 2.24) is 0 Å². The van der Waals surface area contributed by atoms with Gasteiger partial charge < -0.3 is 9.47 Å². The molecule has 0 amide bonds. The van der Waals surface area contributed by atoms with Crippen LogP contribution in [-0.4, -0.2) is 25.3 Å². The summed E-state index contributed by atoms with van der Waals surface area (Å²) in [4.78, 5) is 11.9. The Morgan fingerprint density at radius 3 is 2.12 bits per heavy atom. The van der Waals surface area contributed by atoms with Gasteiger partial charge in [-0.15, -0.1) is 0 Å². The van der Waals surface area contributed by atoms with Gasteiger partial charge in [0.2, 0.25) is 0 Å². The van der Waals surface area contributed by atoms with E-state index in [-0.39, 0.29) is 24.1 Å². The quantitative estimate of drug-likeness (QED) is 0.694. The van der Waals surface area contributed by atoms with Crippen LogP contribution in [0.2, 0.25) is 0 Å². The molecule has 0 heterocycles. The van der Waals surface area contributed by atoms with E-state index in [4.69, 9.17) is 9.47 Å². The summed E-state index contributed by atoms with van der Waals surface area (Å²) < 4.78 is 11.0. The minimum absolute atomic E-state index is 0.00634. The summed E-state index contributed by atoms with van der Waals surface area (Å²) in [5, 5.41) is 0. The van der Waals surface area contributed by atoms with E-state index < -0.39 is 0 Å². The van der Waals surface area contributed by atoms with Crippen LogP contribution in [0.1, 0.15) is 51.4 Å². The van der Waals surface area contributed by atoms with Crippen molar-refractivity contribution in [2.75, 3.05) is 7.11 Å². The van der Waals surface area contributed by atoms with Gasteiger partial charge in [-0.3, -0.25) is 4.79 Å². The molecule has 0 N–H and O–H groups in total. The average Bonchev–Trinajstić information content (AvgIpc) is 2.83. The largest absolute Gasteiger partial charge is 0.459 e. The van der Waals surface area contributed by atoms with Crippen LogP contribution in [0.4, 0.5) is 0 Å². The molecule has 0 spiro atoms. The van der Waals surface area contributed by atoms with Gasteiger partial charge in [-0.1, -0.05) is 19.3 Å². The number of ether oxygens (including phenoxy) is 2. The molecule has 2 saturated carbocycles. The van der Waals surface area contributed by atoms with Crippen molar-refractivity contribution in [2.45, 2.75) is 63.6 Å². The fourth-order valence-corrected chi connectivity index (χ4v) is 2.87. The van der Waals surface area contributed by atoms with Crippen LogP contribution >= 0.6 is 0 Å². The molecule has 0 radical (unpaired) electrons. The highest BCUT2D eigenvalue weighted by atomic mass is 16.6. The van der Waals surface area contributed by atoms with Crippen LogP contribution in [0, 0.1) is 5.92 Å². The number of esters is 1. The van der Waals surface area contributed by atoms with Gasteiger partial charge in [-0.25, -0.2) is 0 Å². The third kappa shape index (κ3) is 2.76. The van der Waals surface area contributed by atoms with Crippen molar-refractivity contribution < 1.29 is 14.3 Å². The van der Waals surface area contributed by atoms with E-state index >= 15 is 0 Å². The van der Waals surface area contributed by atoms with Crippen molar-refractivity contribution in [1.29, 1.82) is 0 Å². The number of hydrogen-bond donors (Lipinski definition) is 0. The Hall–Kier alpha value is -0.570. The predicted octanol–water partition coefficient (Wildman–Crippen LogP) is 2.68. The van der Waals surface area contributed by atoms with Crippen molar-refractivity contribution in [3.05, 3.63) is 0 Å². The minimum atomic E-state index is 0.00634. The summed E-state index contributed by atoms with van der Waals surface area (Å²) in [5.41, 5.74) is 0. The summed E-state index contributed by atoms with van der Waals surface area (Å²) in [5.74, 6) is 0.186. The minimum Gasteiger partial charge on any atom is -0.459 e. The first kappa shape index (κ1) is 11.9. The summed E-state index contributed by atoms with van der Waals surface area (Å²) >= 11 is 0. The van der Waals surface area contributed by atoms with Crippen molar-refractivity contribution >= 4 is 5.97 Å². The topological polar surface area (TPSA) is 35.5 Å². The smallest absolute Gasteiger partial charge is 0.309 e. The normalized spacial score (nSPS) is 31.6. The zero-order valence-corrected chi connectivity index (χ0v) is 10.1. The Balaban J connectivity index is 1.84. The van der Waals surface area contributed by atoms with E-state index in [0.29, 0.717) is 0 Å². The molecular formula is C13H22O3. The number of rotatable bonds is 3. The lowest BCUT2D eigenvalue weighted by Crippen LogP contribution is -2.36. The van der Waals surface area contributed by atoms with E-state index in [1.165, 1.54) is 19.3 Å². The van der Waals surface area contributed by atoms with E-state index in [1.54, 1.807) is 7.11 Å². The monoisotopic (exact) mass is 226 g/mol. The highest BCUT2D eigenvalue weighted by molar-refractivity contribution is 5.72. The predicted molar refractivity (Wildman–Crippen MR) is 61.1 cm³/mol. The fourth-order valence-electron chi connectivity index (χ4n) is 2.87. The van der Waals surface area contributed by atoms with E-state index in [0.717, 1.165) is 32.1 Å². The molecule has 0 aliphatic heterocycles. The first-order chi connectivity index (χ1) is 7.81. The van der Waals surface area contributed by atoms with Crippen molar-refractivity contribution in [3.8, 4) is 0 Å². The van der Waals surface area contributed by atoms with Gasteiger partial charge in [0.15, 0.2) is 0 Å². The Morgan fingerprint density at radius 1 is 0.938 bits per heavy atom. The molecule has 2 aliphatic carbocycles. The molecule has 92 valence electrons. The molecule has 2 fully saturated rings. The molecule has 16 heavy (non-hydrogen) atoms. The molecule has 2 rings (SSSR count). The fraction of sp³-hybridized carbons (Fsp3) is 0.923. The van der Waals surface area contributed by atoms with Gasteiger partial charge >= 0.3 is 5.97 Å². The molecule has 3 heteroatoms. The first-order valence-electron chi connectivity index (χ1n) is 6.54. The van der Waals surface area contributed by atoms with E-state index in [1.807, 2.05) is 0 Å². The second-order valence-corrected chi connectivity index (χ2v) is 5.02. The number of hydrogen-bond acceptors (Lipinski definition) is 3. The highest BCUT2D eigenvalue weighted by Gasteiger charge is 2.31. The number of methoxy groups -OCH3 is 1. The van der Waals surface area contributed by atoms with Gasteiger partial charge in [0.05, 0.1) is 12.0 Å². The molecule has 0 saturated heterocycles. The Labute approximate surface area is 97.5 Å². The van der Waals surface area contributed by atoms with E-state index in [9.17, 15) is 4.79 Å². The summed E-state index contributed by atoms with van der Waals surface area (Å²) in [7, 11) is 1.71. The van der Waals surface area contributed by atoms with Crippen LogP contribution in [0.15, 0.2) is 0 Å². The lowest BCUT2D eigenvalue weighted by atomic mass is 9.94.